The van der Waals surface area contributed by atoms with E-state index in [0.717, 1.165) is 30.4 Å². The third-order valence-corrected chi connectivity index (χ3v) is 6.84. The average molecular weight is 386 g/mol. The Kier molecular flexibility index (Phi) is 4.61. The van der Waals surface area contributed by atoms with Crippen LogP contribution in [0.25, 0.3) is 5.65 Å². The molecule has 3 heterocycles. The average Bonchev–Trinajstić information content (AvgIpc) is 2.98. The van der Waals surface area contributed by atoms with Crippen molar-refractivity contribution < 1.29 is 8.42 Å². The van der Waals surface area contributed by atoms with Gasteiger partial charge in [-0.2, -0.15) is 4.31 Å². The number of rotatable bonds is 4. The predicted octanol–water partition coefficient (Wildman–Crippen LogP) is 2.03. The highest BCUT2D eigenvalue weighted by molar-refractivity contribution is 7.89. The highest BCUT2D eigenvalue weighted by Crippen LogP contribution is 2.22. The van der Waals surface area contributed by atoms with E-state index in [1.807, 2.05) is 31.2 Å². The number of hydrogen-bond acceptors (Lipinski definition) is 4. The van der Waals surface area contributed by atoms with Crippen LogP contribution in [0.1, 0.15) is 30.4 Å². The van der Waals surface area contributed by atoms with Crippen LogP contribution in [0.5, 0.6) is 0 Å². The molecule has 0 saturated carbocycles. The maximum absolute atomic E-state index is 13.1. The fourth-order valence-electron chi connectivity index (χ4n) is 3.55. The molecule has 1 aliphatic heterocycles. The summed E-state index contributed by atoms with van der Waals surface area (Å²) >= 11 is 0. The summed E-state index contributed by atoms with van der Waals surface area (Å²) in [5.74, 6) is 0. The van der Waals surface area contributed by atoms with Gasteiger partial charge in [-0.3, -0.25) is 0 Å². The maximum Gasteiger partial charge on any atom is 0.350 e. The predicted molar refractivity (Wildman–Crippen MR) is 102 cm³/mol. The van der Waals surface area contributed by atoms with Crippen LogP contribution in [0.2, 0.25) is 0 Å². The number of sulfonamides is 1. The minimum absolute atomic E-state index is 0.0898. The van der Waals surface area contributed by atoms with Crippen molar-refractivity contribution in [3.05, 3.63) is 64.2 Å². The second kappa shape index (κ2) is 6.94. The standard InChI is InChI=1S/C19H22N4O3S/c1-15-7-5-8-16(13-15)14-23-19(24)22-12-6-9-17(18(22)20-23)27(25,26)21-10-3-2-4-11-21/h5-9,12-13H,2-4,10-11,14H2,1H3. The number of benzene rings is 1. The van der Waals surface area contributed by atoms with Crippen molar-refractivity contribution in [3.8, 4) is 0 Å². The Labute approximate surface area is 157 Å². The Balaban J connectivity index is 1.79. The Hall–Kier alpha value is -2.45. The number of nitrogens with zero attached hydrogens (tertiary/aromatic N) is 4. The lowest BCUT2D eigenvalue weighted by Crippen LogP contribution is -2.35. The van der Waals surface area contributed by atoms with Gasteiger partial charge in [-0.1, -0.05) is 36.2 Å². The van der Waals surface area contributed by atoms with Gasteiger partial charge < -0.3 is 0 Å². The minimum atomic E-state index is -3.67. The third kappa shape index (κ3) is 3.30. The van der Waals surface area contributed by atoms with Crippen molar-refractivity contribution in [1.82, 2.24) is 18.5 Å². The van der Waals surface area contributed by atoms with Crippen LogP contribution in [0, 0.1) is 6.92 Å². The third-order valence-electron chi connectivity index (χ3n) is 4.92. The van der Waals surface area contributed by atoms with Gasteiger partial charge in [-0.05, 0) is 37.5 Å². The summed E-state index contributed by atoms with van der Waals surface area (Å²) in [4.78, 5) is 12.8. The molecule has 27 heavy (non-hydrogen) atoms. The van der Waals surface area contributed by atoms with Crippen molar-refractivity contribution in [3.63, 3.8) is 0 Å². The summed E-state index contributed by atoms with van der Waals surface area (Å²) in [5.41, 5.74) is 1.88. The Morgan fingerprint density at radius 2 is 1.85 bits per heavy atom. The number of fused-ring (bicyclic) bond motifs is 1. The van der Waals surface area contributed by atoms with Gasteiger partial charge in [0.25, 0.3) is 0 Å². The second-order valence-corrected chi connectivity index (χ2v) is 8.87. The number of aromatic nitrogens is 3. The first-order valence-electron chi connectivity index (χ1n) is 9.11. The lowest BCUT2D eigenvalue weighted by atomic mass is 10.1. The zero-order valence-electron chi connectivity index (χ0n) is 15.2. The molecular weight excluding hydrogens is 364 g/mol. The van der Waals surface area contributed by atoms with Gasteiger partial charge in [0.1, 0.15) is 4.90 Å². The number of hydrogen-bond donors (Lipinski definition) is 0. The van der Waals surface area contributed by atoms with E-state index in [4.69, 9.17) is 0 Å². The second-order valence-electron chi connectivity index (χ2n) is 6.96. The lowest BCUT2D eigenvalue weighted by Gasteiger charge is -2.25. The zero-order valence-corrected chi connectivity index (χ0v) is 16.0. The van der Waals surface area contributed by atoms with Crippen LogP contribution in [-0.4, -0.2) is 40.0 Å². The molecule has 1 aromatic carbocycles. The summed E-state index contributed by atoms with van der Waals surface area (Å²) in [6, 6.07) is 10.9. The quantitative estimate of drug-likeness (QED) is 0.687. The normalized spacial score (nSPS) is 16.0. The summed E-state index contributed by atoms with van der Waals surface area (Å²) in [7, 11) is -3.67. The summed E-state index contributed by atoms with van der Waals surface area (Å²) < 4.78 is 30.3. The summed E-state index contributed by atoms with van der Waals surface area (Å²) in [6.07, 6.45) is 4.32. The molecule has 1 fully saturated rings. The molecule has 0 aliphatic carbocycles. The molecule has 1 saturated heterocycles. The Morgan fingerprint density at radius 3 is 2.59 bits per heavy atom. The van der Waals surface area contributed by atoms with Crippen molar-refractivity contribution in [2.24, 2.45) is 0 Å². The van der Waals surface area contributed by atoms with E-state index < -0.39 is 10.0 Å². The van der Waals surface area contributed by atoms with Crippen LogP contribution in [0.4, 0.5) is 0 Å². The van der Waals surface area contributed by atoms with Crippen molar-refractivity contribution in [1.29, 1.82) is 0 Å². The maximum atomic E-state index is 13.1. The zero-order chi connectivity index (χ0) is 19.0. The molecule has 4 rings (SSSR count). The monoisotopic (exact) mass is 386 g/mol. The number of aryl methyl sites for hydroxylation is 1. The lowest BCUT2D eigenvalue weighted by molar-refractivity contribution is 0.347. The van der Waals surface area contributed by atoms with E-state index in [-0.39, 0.29) is 16.2 Å². The van der Waals surface area contributed by atoms with E-state index in [0.29, 0.717) is 19.6 Å². The van der Waals surface area contributed by atoms with Crippen molar-refractivity contribution in [2.75, 3.05) is 13.1 Å². The van der Waals surface area contributed by atoms with E-state index in [9.17, 15) is 13.2 Å². The van der Waals surface area contributed by atoms with E-state index in [1.54, 1.807) is 12.3 Å². The van der Waals surface area contributed by atoms with Crippen LogP contribution < -0.4 is 5.69 Å². The highest BCUT2D eigenvalue weighted by atomic mass is 32.2. The van der Waals surface area contributed by atoms with Gasteiger partial charge in [-0.25, -0.2) is 22.3 Å². The van der Waals surface area contributed by atoms with Gasteiger partial charge in [0.2, 0.25) is 10.0 Å². The topological polar surface area (TPSA) is 76.7 Å². The number of piperidine rings is 1. The Bertz CT molecular complexity index is 1140. The molecule has 0 amide bonds. The molecule has 0 spiro atoms. The largest absolute Gasteiger partial charge is 0.350 e. The number of pyridine rings is 1. The summed E-state index contributed by atoms with van der Waals surface area (Å²) in [6.45, 7) is 3.31. The van der Waals surface area contributed by atoms with Gasteiger partial charge in [-0.15, -0.1) is 5.10 Å². The van der Waals surface area contributed by atoms with Gasteiger partial charge >= 0.3 is 5.69 Å². The first-order valence-corrected chi connectivity index (χ1v) is 10.5. The van der Waals surface area contributed by atoms with Crippen molar-refractivity contribution >= 4 is 15.7 Å². The molecular formula is C19H22N4O3S. The molecule has 142 valence electrons. The first-order chi connectivity index (χ1) is 13.0. The molecule has 0 bridgehead atoms. The first kappa shape index (κ1) is 17.9. The molecule has 2 aromatic heterocycles. The molecule has 1 aliphatic rings. The van der Waals surface area contributed by atoms with Crippen LogP contribution >= 0.6 is 0 Å². The van der Waals surface area contributed by atoms with Crippen LogP contribution in [0.15, 0.2) is 52.3 Å². The van der Waals surface area contributed by atoms with Crippen molar-refractivity contribution in [2.45, 2.75) is 37.6 Å². The van der Waals surface area contributed by atoms with Gasteiger partial charge in [0, 0.05) is 19.3 Å². The van der Waals surface area contributed by atoms with E-state index >= 15 is 0 Å². The molecule has 8 heteroatoms. The van der Waals surface area contributed by atoms with Crippen LogP contribution in [-0.2, 0) is 16.6 Å². The summed E-state index contributed by atoms with van der Waals surface area (Å²) in [5, 5.41) is 4.36. The smallest absolute Gasteiger partial charge is 0.249 e. The van der Waals surface area contributed by atoms with E-state index in [2.05, 4.69) is 5.10 Å². The molecule has 0 unspecified atom stereocenters. The minimum Gasteiger partial charge on any atom is -0.249 e. The molecule has 0 atom stereocenters. The molecule has 3 aromatic rings. The van der Waals surface area contributed by atoms with Gasteiger partial charge in [0.05, 0.1) is 6.54 Å². The molecule has 7 nitrogen and oxygen atoms in total. The molecule has 0 radical (unpaired) electrons. The fourth-order valence-corrected chi connectivity index (χ4v) is 5.18. The SMILES string of the molecule is Cc1cccc(Cn2nc3c(S(=O)(=O)N4CCCCC4)cccn3c2=O)c1. The Morgan fingerprint density at radius 1 is 1.07 bits per heavy atom. The van der Waals surface area contributed by atoms with E-state index in [1.165, 1.54) is 19.5 Å². The highest BCUT2D eigenvalue weighted by Gasteiger charge is 2.29. The fraction of sp³-hybridized carbons (Fsp3) is 0.368. The van der Waals surface area contributed by atoms with Crippen LogP contribution in [0.3, 0.4) is 0 Å². The molecule has 0 N–H and O–H groups in total. The van der Waals surface area contributed by atoms with Gasteiger partial charge in [0.15, 0.2) is 5.65 Å².